The van der Waals surface area contributed by atoms with Crippen molar-refractivity contribution in [3.05, 3.63) is 21.5 Å². The summed E-state index contributed by atoms with van der Waals surface area (Å²) in [6, 6.07) is 2.67. The fraction of sp³-hybridized carbons (Fsp3) is 0.300. The molecule has 6 heteroatoms. The third-order valence-electron chi connectivity index (χ3n) is 2.00. The Balaban J connectivity index is 2.81. The van der Waals surface area contributed by atoms with Crippen LogP contribution in [0.5, 0.6) is 0 Å². The van der Waals surface area contributed by atoms with Crippen LogP contribution in [0.25, 0.3) is 0 Å². The molecular weight excluding hydrogens is 324 g/mol. The quantitative estimate of drug-likeness (QED) is 0.578. The molecule has 4 nitrogen and oxygen atoms in total. The Labute approximate surface area is 107 Å². The molecule has 88 valence electrons. The van der Waals surface area contributed by atoms with E-state index in [9.17, 15) is 9.18 Å². The minimum absolute atomic E-state index is 0.174. The van der Waals surface area contributed by atoms with E-state index in [-0.39, 0.29) is 18.3 Å². The number of benzene rings is 1. The zero-order valence-electron chi connectivity index (χ0n) is 8.76. The number of nitrogens with two attached hydrogens (primary N) is 2. The molecule has 16 heavy (non-hydrogen) atoms. The van der Waals surface area contributed by atoms with Crippen LogP contribution in [0.1, 0.15) is 13.3 Å². The fourth-order valence-corrected chi connectivity index (χ4v) is 1.80. The van der Waals surface area contributed by atoms with Crippen LogP contribution < -0.4 is 16.8 Å². The zero-order chi connectivity index (χ0) is 12.3. The van der Waals surface area contributed by atoms with Crippen LogP contribution in [-0.2, 0) is 4.79 Å². The predicted molar refractivity (Wildman–Crippen MR) is 70.4 cm³/mol. The summed E-state index contributed by atoms with van der Waals surface area (Å²) in [6.45, 7) is 1.78. The maximum Gasteiger partial charge on any atom is 0.219 e. The van der Waals surface area contributed by atoms with Gasteiger partial charge in [0.05, 0.1) is 14.9 Å². The van der Waals surface area contributed by atoms with Gasteiger partial charge in [-0.25, -0.2) is 4.39 Å². The molecule has 0 aliphatic heterocycles. The zero-order valence-corrected chi connectivity index (χ0v) is 10.9. The van der Waals surface area contributed by atoms with Crippen molar-refractivity contribution in [2.45, 2.75) is 19.4 Å². The minimum Gasteiger partial charge on any atom is -0.397 e. The molecule has 1 amide bonds. The van der Waals surface area contributed by atoms with Gasteiger partial charge in [0.2, 0.25) is 5.91 Å². The molecule has 0 saturated heterocycles. The smallest absolute Gasteiger partial charge is 0.219 e. The number of hydrogen-bond acceptors (Lipinski definition) is 3. The largest absolute Gasteiger partial charge is 0.397 e. The molecule has 0 aliphatic rings. The summed E-state index contributed by atoms with van der Waals surface area (Å²) >= 11 is 1.86. The van der Waals surface area contributed by atoms with E-state index in [2.05, 4.69) is 5.32 Å². The van der Waals surface area contributed by atoms with Crippen LogP contribution in [-0.4, -0.2) is 11.9 Å². The highest BCUT2D eigenvalue weighted by molar-refractivity contribution is 14.1. The number of anilines is 2. The molecule has 1 aromatic carbocycles. The Bertz CT molecular complexity index is 411. The van der Waals surface area contributed by atoms with Gasteiger partial charge in [0.25, 0.3) is 0 Å². The van der Waals surface area contributed by atoms with Crippen molar-refractivity contribution >= 4 is 39.9 Å². The lowest BCUT2D eigenvalue weighted by Gasteiger charge is -2.15. The lowest BCUT2D eigenvalue weighted by Crippen LogP contribution is -2.24. The van der Waals surface area contributed by atoms with Gasteiger partial charge in [-0.15, -0.1) is 0 Å². The number of primary amides is 1. The molecule has 0 aromatic heterocycles. The van der Waals surface area contributed by atoms with Crippen LogP contribution in [0.3, 0.4) is 0 Å². The van der Waals surface area contributed by atoms with Crippen LogP contribution in [0, 0.1) is 9.39 Å². The van der Waals surface area contributed by atoms with Crippen LogP contribution >= 0.6 is 22.6 Å². The van der Waals surface area contributed by atoms with Crippen molar-refractivity contribution in [2.24, 2.45) is 5.73 Å². The third kappa shape index (κ3) is 3.51. The second-order valence-corrected chi connectivity index (χ2v) is 4.73. The first-order chi connectivity index (χ1) is 7.40. The number of nitrogen functional groups attached to an aromatic ring is 1. The van der Waals surface area contributed by atoms with Gasteiger partial charge in [-0.1, -0.05) is 0 Å². The third-order valence-corrected chi connectivity index (χ3v) is 2.83. The van der Waals surface area contributed by atoms with Gasteiger partial charge in [-0.3, -0.25) is 4.79 Å². The summed E-state index contributed by atoms with van der Waals surface area (Å²) < 4.78 is 13.7. The van der Waals surface area contributed by atoms with E-state index in [1.54, 1.807) is 6.92 Å². The first-order valence-corrected chi connectivity index (χ1v) is 5.77. The summed E-state index contributed by atoms with van der Waals surface area (Å²) in [5.41, 5.74) is 11.7. The van der Waals surface area contributed by atoms with Gasteiger partial charge < -0.3 is 16.8 Å². The van der Waals surface area contributed by atoms with Gasteiger partial charge >= 0.3 is 0 Å². The topological polar surface area (TPSA) is 81.1 Å². The lowest BCUT2D eigenvalue weighted by molar-refractivity contribution is -0.118. The number of amides is 1. The van der Waals surface area contributed by atoms with Crippen LogP contribution in [0.2, 0.25) is 0 Å². The number of nitrogens with one attached hydrogen (secondary N) is 1. The summed E-state index contributed by atoms with van der Waals surface area (Å²) in [4.78, 5) is 10.7. The average Bonchev–Trinajstić information content (AvgIpc) is 2.12. The molecule has 0 heterocycles. The number of rotatable bonds is 4. The molecule has 0 aliphatic carbocycles. The minimum atomic E-state index is -0.412. The maximum atomic E-state index is 13.3. The van der Waals surface area contributed by atoms with Gasteiger partial charge in [-0.2, -0.15) is 0 Å². The summed E-state index contributed by atoms with van der Waals surface area (Å²) in [5.74, 6) is -0.756. The van der Waals surface area contributed by atoms with Crippen LogP contribution in [0.15, 0.2) is 12.1 Å². The molecule has 1 rings (SSSR count). The molecule has 1 atom stereocenters. The van der Waals surface area contributed by atoms with Crippen molar-refractivity contribution < 1.29 is 9.18 Å². The molecule has 0 spiro atoms. The highest BCUT2D eigenvalue weighted by Crippen LogP contribution is 2.24. The van der Waals surface area contributed by atoms with Gasteiger partial charge in [0.15, 0.2) is 0 Å². The van der Waals surface area contributed by atoms with E-state index < -0.39 is 5.91 Å². The Morgan fingerprint density at radius 3 is 2.81 bits per heavy atom. The molecule has 1 aromatic rings. The first kappa shape index (κ1) is 13.0. The van der Waals surface area contributed by atoms with E-state index in [1.807, 2.05) is 22.6 Å². The van der Waals surface area contributed by atoms with Crippen molar-refractivity contribution in [3.63, 3.8) is 0 Å². The van der Waals surface area contributed by atoms with E-state index in [0.29, 0.717) is 14.9 Å². The lowest BCUT2D eigenvalue weighted by atomic mass is 10.2. The number of carbonyl (C=O) groups excluding carboxylic acids is 1. The first-order valence-electron chi connectivity index (χ1n) is 4.69. The van der Waals surface area contributed by atoms with E-state index in [1.165, 1.54) is 12.1 Å². The number of halogens is 2. The Hall–Kier alpha value is -1.05. The second kappa shape index (κ2) is 5.33. The molecule has 0 fully saturated rings. The second-order valence-electron chi connectivity index (χ2n) is 3.57. The average molecular weight is 337 g/mol. The molecule has 5 N–H and O–H groups in total. The van der Waals surface area contributed by atoms with Gasteiger partial charge in [-0.05, 0) is 35.6 Å². The Morgan fingerprint density at radius 2 is 2.25 bits per heavy atom. The fourth-order valence-electron chi connectivity index (χ4n) is 1.31. The standard InChI is InChI=1S/C10H13FIN3O/c1-5(2-10(14)16)15-9-3-6(11)7(12)4-8(9)13/h3-5,15H,2,13H2,1H3,(H2,14,16). The summed E-state index contributed by atoms with van der Waals surface area (Å²) in [5, 5.41) is 2.94. The number of carbonyl (C=O) groups is 1. The van der Waals surface area contributed by atoms with Gasteiger partial charge in [0, 0.05) is 18.5 Å². The predicted octanol–water partition coefficient (Wildman–Crippen LogP) is 1.69. The van der Waals surface area contributed by atoms with Crippen molar-refractivity contribution in [2.75, 3.05) is 11.1 Å². The summed E-state index contributed by atoms with van der Waals surface area (Å²) in [6.07, 6.45) is 0.174. The van der Waals surface area contributed by atoms with E-state index in [4.69, 9.17) is 11.5 Å². The molecule has 0 saturated carbocycles. The Kier molecular flexibility index (Phi) is 4.34. The van der Waals surface area contributed by atoms with Crippen molar-refractivity contribution in [3.8, 4) is 0 Å². The van der Waals surface area contributed by atoms with Crippen LogP contribution in [0.4, 0.5) is 15.8 Å². The summed E-state index contributed by atoms with van der Waals surface area (Å²) in [7, 11) is 0. The normalized spacial score (nSPS) is 12.2. The maximum absolute atomic E-state index is 13.3. The van der Waals surface area contributed by atoms with E-state index in [0.717, 1.165) is 0 Å². The van der Waals surface area contributed by atoms with E-state index >= 15 is 0 Å². The molecule has 0 bridgehead atoms. The number of hydrogen-bond donors (Lipinski definition) is 3. The highest BCUT2D eigenvalue weighted by Gasteiger charge is 2.10. The molecular formula is C10H13FIN3O. The molecule has 0 radical (unpaired) electrons. The van der Waals surface area contributed by atoms with Crippen molar-refractivity contribution in [1.29, 1.82) is 0 Å². The Morgan fingerprint density at radius 1 is 1.62 bits per heavy atom. The monoisotopic (exact) mass is 337 g/mol. The molecule has 1 unspecified atom stereocenters. The van der Waals surface area contributed by atoms with Crippen molar-refractivity contribution in [1.82, 2.24) is 0 Å². The highest BCUT2D eigenvalue weighted by atomic mass is 127. The van der Waals surface area contributed by atoms with Gasteiger partial charge in [0.1, 0.15) is 5.82 Å². The SMILES string of the molecule is CC(CC(N)=O)Nc1cc(F)c(I)cc1N.